The number of thiocarbonyl (C=S) groups is 1. The first-order chi connectivity index (χ1) is 14.6. The summed E-state index contributed by atoms with van der Waals surface area (Å²) in [6.07, 6.45) is 3.91. The van der Waals surface area contributed by atoms with Crippen LogP contribution in [0.4, 0.5) is 0 Å². The normalized spacial score (nSPS) is 16.0. The number of nitrogens with zero attached hydrogens (tertiary/aromatic N) is 1. The molecule has 0 spiro atoms. The fraction of sp³-hybridized carbons (Fsp3) is 0.364. The average molecular weight is 428 g/mol. The molecule has 0 saturated carbocycles. The van der Waals surface area contributed by atoms with E-state index < -0.39 is 0 Å². The number of fused-ring (bicyclic) bond motifs is 1. The predicted molar refractivity (Wildman–Crippen MR) is 119 cm³/mol. The van der Waals surface area contributed by atoms with E-state index in [0.29, 0.717) is 36.1 Å². The third-order valence-corrected chi connectivity index (χ3v) is 5.61. The molecular weight excluding hydrogens is 402 g/mol. The van der Waals surface area contributed by atoms with Crippen LogP contribution in [0.5, 0.6) is 5.75 Å². The minimum Gasteiger partial charge on any atom is -0.497 e. The molecule has 1 aliphatic heterocycles. The minimum absolute atomic E-state index is 0.151. The second kappa shape index (κ2) is 9.32. The fourth-order valence-corrected chi connectivity index (χ4v) is 3.80. The van der Waals surface area contributed by atoms with Gasteiger partial charge in [-0.3, -0.25) is 4.79 Å². The van der Waals surface area contributed by atoms with Gasteiger partial charge < -0.3 is 29.1 Å². The SMILES string of the molecule is COc1ccc2cc(CN(Cc3ccco3)C(=S)NC[C@H]3CCCO3)c(=O)[nH]c2c1. The van der Waals surface area contributed by atoms with Gasteiger partial charge in [0.25, 0.3) is 5.56 Å². The molecule has 8 heteroatoms. The number of benzene rings is 1. The molecule has 1 aromatic carbocycles. The van der Waals surface area contributed by atoms with Crippen molar-refractivity contribution in [1.82, 2.24) is 15.2 Å². The highest BCUT2D eigenvalue weighted by Crippen LogP contribution is 2.19. The molecule has 4 rings (SSSR count). The molecule has 2 N–H and O–H groups in total. The molecule has 0 radical (unpaired) electrons. The van der Waals surface area contributed by atoms with E-state index in [4.69, 9.17) is 26.1 Å². The highest BCUT2D eigenvalue weighted by molar-refractivity contribution is 7.80. The van der Waals surface area contributed by atoms with Crippen LogP contribution in [0, 0.1) is 0 Å². The van der Waals surface area contributed by atoms with Gasteiger partial charge in [0.05, 0.1) is 38.1 Å². The summed E-state index contributed by atoms with van der Waals surface area (Å²) in [7, 11) is 1.60. The van der Waals surface area contributed by atoms with E-state index in [1.165, 1.54) is 0 Å². The second-order valence-electron chi connectivity index (χ2n) is 7.33. The first-order valence-electron chi connectivity index (χ1n) is 9.99. The lowest BCUT2D eigenvalue weighted by Crippen LogP contribution is -2.42. The summed E-state index contributed by atoms with van der Waals surface area (Å²) in [6, 6.07) is 11.2. The second-order valence-corrected chi connectivity index (χ2v) is 7.72. The molecule has 0 aliphatic carbocycles. The molecule has 158 valence electrons. The lowest BCUT2D eigenvalue weighted by atomic mass is 10.1. The Hall–Kier alpha value is -2.84. The van der Waals surface area contributed by atoms with E-state index >= 15 is 0 Å². The molecule has 1 aliphatic rings. The Morgan fingerprint density at radius 3 is 2.97 bits per heavy atom. The monoisotopic (exact) mass is 427 g/mol. The molecule has 3 aromatic rings. The van der Waals surface area contributed by atoms with Crippen LogP contribution in [0.3, 0.4) is 0 Å². The Balaban J connectivity index is 1.54. The minimum atomic E-state index is -0.151. The average Bonchev–Trinajstić information content (AvgIpc) is 3.45. The van der Waals surface area contributed by atoms with Crippen molar-refractivity contribution in [3.05, 3.63) is 64.3 Å². The van der Waals surface area contributed by atoms with Gasteiger partial charge in [0.2, 0.25) is 0 Å². The van der Waals surface area contributed by atoms with E-state index in [9.17, 15) is 4.79 Å². The van der Waals surface area contributed by atoms with Crippen molar-refractivity contribution < 1.29 is 13.9 Å². The smallest absolute Gasteiger partial charge is 0.253 e. The number of aromatic amines is 1. The molecule has 0 bridgehead atoms. The Morgan fingerprint density at radius 1 is 1.33 bits per heavy atom. The van der Waals surface area contributed by atoms with Crippen LogP contribution in [-0.4, -0.2) is 41.4 Å². The van der Waals surface area contributed by atoms with Gasteiger partial charge in [0, 0.05) is 24.8 Å². The maximum absolute atomic E-state index is 12.7. The molecule has 2 aromatic heterocycles. The van der Waals surface area contributed by atoms with Gasteiger partial charge >= 0.3 is 0 Å². The number of H-pyrrole nitrogens is 1. The third-order valence-electron chi connectivity index (χ3n) is 5.21. The zero-order valence-corrected chi connectivity index (χ0v) is 17.7. The van der Waals surface area contributed by atoms with Crippen LogP contribution in [-0.2, 0) is 17.8 Å². The lowest BCUT2D eigenvalue weighted by molar-refractivity contribution is 0.113. The molecule has 0 amide bonds. The topological polar surface area (TPSA) is 79.7 Å². The maximum Gasteiger partial charge on any atom is 0.253 e. The number of hydrogen-bond donors (Lipinski definition) is 2. The molecule has 7 nitrogen and oxygen atoms in total. The van der Waals surface area contributed by atoms with Gasteiger partial charge in [0.15, 0.2) is 5.11 Å². The molecule has 3 heterocycles. The van der Waals surface area contributed by atoms with E-state index in [-0.39, 0.29) is 11.7 Å². The van der Waals surface area contributed by atoms with E-state index in [2.05, 4.69) is 10.3 Å². The van der Waals surface area contributed by atoms with Crippen molar-refractivity contribution in [2.24, 2.45) is 0 Å². The molecule has 0 unspecified atom stereocenters. The van der Waals surface area contributed by atoms with E-state index in [1.54, 1.807) is 13.4 Å². The number of aromatic nitrogens is 1. The highest BCUT2D eigenvalue weighted by Gasteiger charge is 2.19. The van der Waals surface area contributed by atoms with Crippen molar-refractivity contribution in [2.45, 2.75) is 32.0 Å². The van der Waals surface area contributed by atoms with Crippen molar-refractivity contribution in [2.75, 3.05) is 20.3 Å². The fourth-order valence-electron chi connectivity index (χ4n) is 3.58. The van der Waals surface area contributed by atoms with Gasteiger partial charge in [0.1, 0.15) is 11.5 Å². The van der Waals surface area contributed by atoms with Crippen LogP contribution in [0.2, 0.25) is 0 Å². The summed E-state index contributed by atoms with van der Waals surface area (Å²) >= 11 is 5.64. The molecule has 1 atom stereocenters. The summed E-state index contributed by atoms with van der Waals surface area (Å²) in [5.41, 5.74) is 1.21. The van der Waals surface area contributed by atoms with Crippen molar-refractivity contribution in [1.29, 1.82) is 0 Å². The largest absolute Gasteiger partial charge is 0.497 e. The zero-order valence-electron chi connectivity index (χ0n) is 16.8. The molecule has 1 saturated heterocycles. The quantitative estimate of drug-likeness (QED) is 0.561. The van der Waals surface area contributed by atoms with Crippen LogP contribution in [0.1, 0.15) is 24.2 Å². The van der Waals surface area contributed by atoms with Gasteiger partial charge in [-0.1, -0.05) is 0 Å². The Morgan fingerprint density at radius 2 is 2.23 bits per heavy atom. The molecular formula is C22H25N3O4S. The lowest BCUT2D eigenvalue weighted by Gasteiger charge is -2.26. The van der Waals surface area contributed by atoms with Crippen molar-refractivity contribution in [3.63, 3.8) is 0 Å². The zero-order chi connectivity index (χ0) is 20.9. The number of ether oxygens (including phenoxy) is 2. The number of furan rings is 1. The number of pyridine rings is 1. The van der Waals surface area contributed by atoms with E-state index in [1.807, 2.05) is 41.3 Å². The van der Waals surface area contributed by atoms with Crippen LogP contribution in [0.15, 0.2) is 51.9 Å². The first kappa shape index (κ1) is 20.4. The highest BCUT2D eigenvalue weighted by atomic mass is 32.1. The van der Waals surface area contributed by atoms with Gasteiger partial charge in [-0.2, -0.15) is 0 Å². The maximum atomic E-state index is 12.7. The van der Waals surface area contributed by atoms with Crippen LogP contribution >= 0.6 is 12.2 Å². The van der Waals surface area contributed by atoms with E-state index in [0.717, 1.165) is 36.1 Å². The molecule has 30 heavy (non-hydrogen) atoms. The number of rotatable bonds is 7. The molecule has 1 fully saturated rings. The third kappa shape index (κ3) is 4.83. The number of methoxy groups -OCH3 is 1. The van der Waals surface area contributed by atoms with Crippen LogP contribution in [0.25, 0.3) is 10.9 Å². The standard InChI is InChI=1S/C22H25N3O4S/c1-27-17-7-6-15-10-16(21(26)24-20(15)11-17)13-25(14-19-5-3-9-29-19)22(30)23-12-18-4-2-8-28-18/h3,5-7,9-11,18H,2,4,8,12-14H2,1H3,(H,23,30)(H,24,26)/t18-/m1/s1. The summed E-state index contributed by atoms with van der Waals surface area (Å²) in [6.45, 7) is 2.27. The van der Waals surface area contributed by atoms with Crippen LogP contribution < -0.4 is 15.6 Å². The van der Waals surface area contributed by atoms with Gasteiger partial charge in [-0.15, -0.1) is 0 Å². The van der Waals surface area contributed by atoms with Crippen molar-refractivity contribution >= 4 is 28.2 Å². The first-order valence-corrected chi connectivity index (χ1v) is 10.4. The predicted octanol–water partition coefficient (Wildman–Crippen LogP) is 3.19. The summed E-state index contributed by atoms with van der Waals surface area (Å²) < 4.78 is 16.4. The summed E-state index contributed by atoms with van der Waals surface area (Å²) in [5, 5.41) is 4.79. The van der Waals surface area contributed by atoms with Gasteiger partial charge in [-0.25, -0.2) is 0 Å². The Labute approximate surface area is 180 Å². The number of nitrogens with one attached hydrogen (secondary N) is 2. The Kier molecular flexibility index (Phi) is 6.35. The summed E-state index contributed by atoms with van der Waals surface area (Å²) in [4.78, 5) is 17.6. The summed E-state index contributed by atoms with van der Waals surface area (Å²) in [5.74, 6) is 1.48. The Bertz CT molecular complexity index is 1060. The van der Waals surface area contributed by atoms with Gasteiger partial charge in [-0.05, 0) is 60.8 Å². The van der Waals surface area contributed by atoms with Crippen molar-refractivity contribution in [3.8, 4) is 5.75 Å². The number of hydrogen-bond acceptors (Lipinski definition) is 5.